The van der Waals surface area contributed by atoms with E-state index >= 15 is 0 Å². The number of aliphatic hydroxyl groups is 1. The summed E-state index contributed by atoms with van der Waals surface area (Å²) in [5.74, 6) is -0.492. The minimum atomic E-state index is -3.72. The van der Waals surface area contributed by atoms with Crippen molar-refractivity contribution in [1.82, 2.24) is 0 Å². The topological polar surface area (TPSA) is 306 Å². The molecule has 2 aliphatic carbocycles. The van der Waals surface area contributed by atoms with Crippen LogP contribution in [0.25, 0.3) is 0 Å². The van der Waals surface area contributed by atoms with Gasteiger partial charge in [-0.1, -0.05) is 94.9 Å². The third-order valence-electron chi connectivity index (χ3n) is 11.5. The van der Waals surface area contributed by atoms with Gasteiger partial charge in [-0.2, -0.15) is 17.6 Å². The van der Waals surface area contributed by atoms with Gasteiger partial charge in [-0.15, -0.1) is 11.8 Å². The fourth-order valence-electron chi connectivity index (χ4n) is 7.07. The van der Waals surface area contributed by atoms with Crippen LogP contribution in [0.5, 0.6) is 23.0 Å². The monoisotopic (exact) mass is 1260 g/mol. The molecule has 17 nitrogen and oxygen atoms in total. The quantitative estimate of drug-likeness (QED) is 0.0306. The molecule has 0 bridgehead atoms. The molecule has 0 aliphatic heterocycles. The second kappa shape index (κ2) is 35.3. The number of alkyl halides is 4. The number of hydrogen-bond donors (Lipinski definition) is 2. The number of esters is 1. The Hall–Kier alpha value is -5.70. The number of nitrogens with one attached hydrogen (secondary N) is 2. The minimum Gasteiger partial charge on any atom is -0.870 e. The number of halogens is 8. The Bertz CT molecular complexity index is 2960. The van der Waals surface area contributed by atoms with Crippen LogP contribution in [0.3, 0.4) is 0 Å². The number of H-pyrrole nitrogens is 2. The SMILES string of the molecule is O.O.O=C(CCS(=O)(=O)c1ccccc1)O[C@@H](Cc1c(Cl)c[nH+]cc1Cl)c1ccc(OC(F)F)c(OCC2CC2)c1.O=C(O)CCSc1ccccc1.O[C@@H](Cc1c(Cl)c[nH+]cc1Cl)c1ccc(OC(F)F)c(OCC2CC2)c1.[OH-].[OH-]. The van der Waals surface area contributed by atoms with Crippen molar-refractivity contribution in [2.45, 2.75) is 86.6 Å². The van der Waals surface area contributed by atoms with Crippen LogP contribution in [0.2, 0.25) is 20.1 Å². The lowest BCUT2D eigenvalue weighted by Crippen LogP contribution is -2.18. The highest BCUT2D eigenvalue weighted by atomic mass is 35.5. The minimum absolute atomic E-state index is 0. The summed E-state index contributed by atoms with van der Waals surface area (Å²) in [6.45, 7) is -5.24. The van der Waals surface area contributed by atoms with Crippen LogP contribution in [0, 0.1) is 11.8 Å². The Morgan fingerprint density at radius 1 is 0.630 bits per heavy atom. The van der Waals surface area contributed by atoms with Crippen molar-refractivity contribution in [2.24, 2.45) is 11.8 Å². The standard InChI is InChI=1S/C27H25Cl2F2NO6S.C18H17Cl2F2NO3.C9H10O2S.4H2O/c28-21-14-32-15-22(29)20(21)13-24(37-26(33)10-11-39(34,35)19-4-2-1-3-5-19)18-8-9-23(38-27(30)31)25(12-18)36-16-17-6-7-17;19-13-7-23-8-14(20)12(13)6-15(24)11-3-4-16(26-18(21)22)17(5-11)25-9-10-1-2-10;10-9(11)6-7-12-8-4-2-1-3-5-8;;;;/h1-5,8-9,12,14-15,17,24,27H,6-7,10-11,13,16H2;3-5,7-8,10,15,18,24H,1-2,6,9H2;1-5H,6-7H2,(H,10,11);4*1H2/t24-;15-;;;;;/m00...../s1. The second-order valence-electron chi connectivity index (χ2n) is 17.5. The van der Waals surface area contributed by atoms with Gasteiger partial charge in [0.05, 0.1) is 42.8 Å². The van der Waals surface area contributed by atoms with Gasteiger partial charge in [0, 0.05) is 34.6 Å². The molecule has 0 saturated heterocycles. The molecular formula is C54H60Cl4F4N2O15S2. The van der Waals surface area contributed by atoms with Crippen molar-refractivity contribution in [3.63, 3.8) is 0 Å². The average Bonchev–Trinajstić information content (AvgIpc) is 4.35. The maximum Gasteiger partial charge on any atom is 0.387 e. The fraction of sp³-hybridized carbons (Fsp3) is 0.333. The van der Waals surface area contributed by atoms with Crippen LogP contribution in [0.4, 0.5) is 17.6 Å². The number of benzene rings is 4. The molecule has 4 aromatic carbocycles. The predicted octanol–water partition coefficient (Wildman–Crippen LogP) is 10.6. The van der Waals surface area contributed by atoms with Crippen molar-refractivity contribution in [1.29, 1.82) is 0 Å². The number of carbonyl (C=O) groups is 2. The lowest BCUT2D eigenvalue weighted by Gasteiger charge is -2.21. The molecule has 8 rings (SSSR count). The highest BCUT2D eigenvalue weighted by Gasteiger charge is 2.28. The first-order valence-corrected chi connectivity index (χ1v) is 28.2. The van der Waals surface area contributed by atoms with Gasteiger partial charge in [0.25, 0.3) is 0 Å². The summed E-state index contributed by atoms with van der Waals surface area (Å²) in [6, 6.07) is 26.2. The van der Waals surface area contributed by atoms with Crippen molar-refractivity contribution in [3.05, 3.63) is 164 Å². The van der Waals surface area contributed by atoms with Crippen LogP contribution in [0.1, 0.15) is 73.0 Å². The third kappa shape index (κ3) is 24.3. The van der Waals surface area contributed by atoms with Gasteiger partial charge in [0.1, 0.15) is 26.2 Å². The largest absolute Gasteiger partial charge is 0.870 e. The maximum atomic E-state index is 13.0. The van der Waals surface area contributed by atoms with Gasteiger partial charge in [0.15, 0.2) is 57.6 Å². The molecule has 6 aromatic rings. The summed E-state index contributed by atoms with van der Waals surface area (Å²) in [4.78, 5) is 29.9. The van der Waals surface area contributed by atoms with Gasteiger partial charge in [-0.05, 0) is 97.2 Å². The van der Waals surface area contributed by atoms with E-state index in [1.807, 2.05) is 30.3 Å². The molecule has 2 aromatic heterocycles. The molecule has 2 aliphatic rings. The number of aliphatic hydroxyl groups excluding tert-OH is 1. The number of ether oxygens (including phenoxy) is 5. The molecule has 0 radical (unpaired) electrons. The lowest BCUT2D eigenvalue weighted by atomic mass is 10.0. The van der Waals surface area contributed by atoms with E-state index in [9.17, 15) is 40.7 Å². The summed E-state index contributed by atoms with van der Waals surface area (Å²) in [5, 5.41) is 20.3. The number of carboxylic acids is 1. The Morgan fingerprint density at radius 2 is 1.07 bits per heavy atom. The molecule has 81 heavy (non-hydrogen) atoms. The summed E-state index contributed by atoms with van der Waals surface area (Å²) >= 11 is 26.4. The highest BCUT2D eigenvalue weighted by Crippen LogP contribution is 2.39. The fourth-order valence-corrected chi connectivity index (χ4v) is 10.2. The van der Waals surface area contributed by atoms with E-state index in [1.54, 1.807) is 42.4 Å². The first-order chi connectivity index (χ1) is 36.8. The molecular weight excluding hydrogens is 1200 g/mol. The van der Waals surface area contributed by atoms with Gasteiger partial charge in [-0.3, -0.25) is 9.59 Å². The van der Waals surface area contributed by atoms with E-state index in [0.29, 0.717) is 63.1 Å². The summed E-state index contributed by atoms with van der Waals surface area (Å²) < 4.78 is 103. The summed E-state index contributed by atoms with van der Waals surface area (Å²) in [6.07, 6.45) is 8.35. The van der Waals surface area contributed by atoms with Gasteiger partial charge in [0.2, 0.25) is 0 Å². The van der Waals surface area contributed by atoms with Crippen molar-refractivity contribution in [2.75, 3.05) is 24.7 Å². The summed E-state index contributed by atoms with van der Waals surface area (Å²) in [5.41, 5.74) is 1.96. The third-order valence-corrected chi connectivity index (χ3v) is 15.6. The van der Waals surface area contributed by atoms with E-state index in [1.165, 1.54) is 60.9 Å². The van der Waals surface area contributed by atoms with Crippen LogP contribution in [-0.2, 0) is 37.0 Å². The Labute approximate surface area is 488 Å². The molecule has 0 spiro atoms. The predicted molar refractivity (Wildman–Crippen MR) is 293 cm³/mol. The Kier molecular flexibility index (Phi) is 31.1. The lowest BCUT2D eigenvalue weighted by molar-refractivity contribution is -0.378. The molecule has 2 heterocycles. The number of aromatic amines is 2. The molecule has 2 saturated carbocycles. The van der Waals surface area contributed by atoms with E-state index in [0.717, 1.165) is 30.6 Å². The van der Waals surface area contributed by atoms with Crippen LogP contribution < -0.4 is 28.9 Å². The molecule has 0 amide bonds. The van der Waals surface area contributed by atoms with Crippen molar-refractivity contribution < 1.29 is 101 Å². The van der Waals surface area contributed by atoms with Gasteiger partial charge < -0.3 is 55.8 Å². The smallest absolute Gasteiger partial charge is 0.387 e. The zero-order valence-corrected chi connectivity index (χ0v) is 47.5. The zero-order chi connectivity index (χ0) is 55.5. The number of hydrogen-bond acceptors (Lipinski definition) is 13. The molecule has 2 fully saturated rings. The molecule has 27 heteroatoms. The number of aromatic nitrogens is 2. The number of carbonyl (C=O) groups excluding carboxylic acids is 1. The normalized spacial score (nSPS) is 13.1. The number of sulfone groups is 1. The van der Waals surface area contributed by atoms with E-state index < -0.39 is 59.4 Å². The number of thioether (sulfide) groups is 1. The van der Waals surface area contributed by atoms with E-state index in [-0.39, 0.29) is 79.1 Å². The average molecular weight is 1260 g/mol. The summed E-state index contributed by atoms with van der Waals surface area (Å²) in [7, 11) is -3.72. The first-order valence-electron chi connectivity index (χ1n) is 24.0. The van der Waals surface area contributed by atoms with Crippen LogP contribution in [0.15, 0.2) is 132 Å². The molecule has 2 atom stereocenters. The number of pyridine rings is 2. The van der Waals surface area contributed by atoms with Crippen molar-refractivity contribution in [3.8, 4) is 23.0 Å². The molecule has 0 unspecified atom stereocenters. The number of rotatable bonds is 25. The van der Waals surface area contributed by atoms with Crippen LogP contribution >= 0.6 is 58.2 Å². The van der Waals surface area contributed by atoms with Crippen LogP contribution in [-0.4, -0.2) is 90.4 Å². The van der Waals surface area contributed by atoms with Crippen molar-refractivity contribution >= 4 is 79.9 Å². The Morgan fingerprint density at radius 3 is 1.53 bits per heavy atom. The Balaban J connectivity index is 0.000000460. The first kappa shape index (κ1) is 71.4. The zero-order valence-electron chi connectivity index (χ0n) is 42.8. The maximum absolute atomic E-state index is 13.0. The molecule has 10 N–H and O–H groups in total. The molecule has 444 valence electrons. The number of carboxylic acid groups (broad SMARTS) is 1. The van der Waals surface area contributed by atoms with E-state index in [2.05, 4.69) is 19.4 Å². The van der Waals surface area contributed by atoms with Gasteiger partial charge in [-0.25, -0.2) is 18.4 Å². The second-order valence-corrected chi connectivity index (χ2v) is 22.4. The number of aliphatic carboxylic acids is 1. The van der Waals surface area contributed by atoms with Gasteiger partial charge >= 0.3 is 25.2 Å². The van der Waals surface area contributed by atoms with E-state index in [4.69, 9.17) is 65.7 Å². The highest BCUT2D eigenvalue weighted by molar-refractivity contribution is 7.99.